The van der Waals surface area contributed by atoms with E-state index < -0.39 is 10.8 Å². The van der Waals surface area contributed by atoms with Gasteiger partial charge in [-0.15, -0.1) is 0 Å². The highest BCUT2D eigenvalue weighted by Gasteiger charge is 2.53. The number of furan rings is 1. The zero-order valence-electron chi connectivity index (χ0n) is 42.4. The van der Waals surface area contributed by atoms with Gasteiger partial charge in [0.05, 0.1) is 21.9 Å². The Morgan fingerprint density at radius 1 is 0.338 bits per heavy atom. The Labute approximate surface area is 432 Å². The first kappa shape index (κ1) is 43.0. The fourth-order valence-corrected chi connectivity index (χ4v) is 13.4. The molecule has 2 aliphatic heterocycles. The highest BCUT2D eigenvalue weighted by atomic mass is 16.5. The normalized spacial score (nSPS) is 14.8. The molecule has 0 radical (unpaired) electrons. The Kier molecular flexibility index (Phi) is 8.72. The number of ether oxygens (including phenoxy) is 2. The maximum Gasteiger partial charge on any atom is 0.137 e. The molecule has 4 nitrogen and oxygen atoms in total. The lowest BCUT2D eigenvalue weighted by atomic mass is 9.64. The molecule has 0 saturated carbocycles. The lowest BCUT2D eigenvalue weighted by Crippen LogP contribution is -2.33. The Balaban J connectivity index is 1.05. The third-order valence-corrected chi connectivity index (χ3v) is 16.7. The van der Waals surface area contributed by atoms with Crippen LogP contribution in [0, 0.1) is 0 Å². The van der Waals surface area contributed by atoms with Gasteiger partial charge in [0.2, 0.25) is 0 Å². The molecule has 11 aromatic rings. The fourth-order valence-electron chi connectivity index (χ4n) is 13.4. The lowest BCUT2D eigenvalue weighted by molar-refractivity contribution is 0.433. The lowest BCUT2D eigenvalue weighted by Gasteiger charge is -2.41. The molecule has 3 heterocycles. The van der Waals surface area contributed by atoms with Crippen LogP contribution in [0.2, 0.25) is 0 Å². The summed E-state index contributed by atoms with van der Waals surface area (Å²) in [6, 6.07) is 78.3. The number of anilines is 3. The van der Waals surface area contributed by atoms with Crippen LogP contribution >= 0.6 is 0 Å². The monoisotopic (exact) mass is 955 g/mol. The van der Waals surface area contributed by atoms with Gasteiger partial charge in [-0.3, -0.25) is 0 Å². The Bertz CT molecular complexity index is 4090. The summed E-state index contributed by atoms with van der Waals surface area (Å²) in [7, 11) is 0. The standard InChI is InChI=1S/C70H53NO3/c1-67(2,3)42-30-35-62-56(38-42)70(57-39-43(68(4,5)6)31-36-63(57)74-62)53-24-13-9-20-48(53)49-34-32-44(40-55(49)70)71(59-26-17-29-65-66(59)50-21-10-15-27-60(50)72-65)45-33-37-64-58(41-45)69(54-25-14-16-28-61(54)73-64)51-22-11-7-18-46(51)47-19-8-12-23-52(47)69/h7-41H,1-6H3. The van der Waals surface area contributed by atoms with E-state index in [0.29, 0.717) is 0 Å². The Morgan fingerprint density at radius 2 is 0.770 bits per heavy atom. The molecular weight excluding hydrogens is 903 g/mol. The molecule has 0 bridgehead atoms. The minimum absolute atomic E-state index is 0.107. The van der Waals surface area contributed by atoms with Gasteiger partial charge in [0.15, 0.2) is 0 Å². The largest absolute Gasteiger partial charge is 0.457 e. The molecule has 74 heavy (non-hydrogen) atoms. The maximum atomic E-state index is 7.07. The first-order chi connectivity index (χ1) is 35.9. The van der Waals surface area contributed by atoms with Gasteiger partial charge >= 0.3 is 0 Å². The molecule has 0 amide bonds. The van der Waals surface area contributed by atoms with E-state index in [1.807, 2.05) is 0 Å². The van der Waals surface area contributed by atoms with Gasteiger partial charge in [-0.05, 0) is 145 Å². The highest BCUT2D eigenvalue weighted by molar-refractivity contribution is 6.13. The van der Waals surface area contributed by atoms with Gasteiger partial charge in [0.1, 0.15) is 34.2 Å². The van der Waals surface area contributed by atoms with E-state index in [1.54, 1.807) is 0 Å². The van der Waals surface area contributed by atoms with Gasteiger partial charge in [-0.1, -0.05) is 175 Å². The van der Waals surface area contributed by atoms with Gasteiger partial charge in [0, 0.05) is 39.0 Å². The number of hydrogen-bond donors (Lipinski definition) is 0. The van der Waals surface area contributed by atoms with E-state index in [-0.39, 0.29) is 10.8 Å². The van der Waals surface area contributed by atoms with E-state index in [4.69, 9.17) is 13.9 Å². The van der Waals surface area contributed by atoms with Crippen molar-refractivity contribution in [3.8, 4) is 45.3 Å². The van der Waals surface area contributed by atoms with Crippen molar-refractivity contribution < 1.29 is 13.9 Å². The van der Waals surface area contributed by atoms with Crippen molar-refractivity contribution in [1.82, 2.24) is 0 Å². The maximum absolute atomic E-state index is 7.07. The van der Waals surface area contributed by atoms with Crippen LogP contribution in [0.4, 0.5) is 17.1 Å². The van der Waals surface area contributed by atoms with Crippen molar-refractivity contribution in [2.45, 2.75) is 63.2 Å². The van der Waals surface area contributed by atoms with Crippen molar-refractivity contribution in [3.05, 3.63) is 268 Å². The van der Waals surface area contributed by atoms with Gasteiger partial charge in [0.25, 0.3) is 0 Å². The molecule has 356 valence electrons. The summed E-state index contributed by atoms with van der Waals surface area (Å²) in [5.41, 5.74) is 20.2. The third kappa shape index (κ3) is 5.68. The molecule has 10 aromatic carbocycles. The molecule has 2 aliphatic carbocycles. The summed E-state index contributed by atoms with van der Waals surface area (Å²) in [5, 5.41) is 2.12. The first-order valence-corrected chi connectivity index (χ1v) is 26.0. The van der Waals surface area contributed by atoms with Crippen LogP contribution in [0.3, 0.4) is 0 Å². The molecule has 0 saturated heterocycles. The zero-order valence-corrected chi connectivity index (χ0v) is 42.4. The summed E-state index contributed by atoms with van der Waals surface area (Å²) in [6.07, 6.45) is 0. The minimum Gasteiger partial charge on any atom is -0.457 e. The molecule has 15 rings (SSSR count). The van der Waals surface area contributed by atoms with Crippen LogP contribution in [0.1, 0.15) is 97.2 Å². The Morgan fingerprint density at radius 3 is 1.36 bits per heavy atom. The predicted molar refractivity (Wildman–Crippen MR) is 301 cm³/mol. The molecule has 0 atom stereocenters. The number of rotatable bonds is 3. The fraction of sp³-hybridized carbons (Fsp3) is 0.143. The van der Waals surface area contributed by atoms with Crippen LogP contribution in [0.15, 0.2) is 217 Å². The summed E-state index contributed by atoms with van der Waals surface area (Å²) >= 11 is 0. The summed E-state index contributed by atoms with van der Waals surface area (Å²) in [5.74, 6) is 3.47. The predicted octanol–water partition coefficient (Wildman–Crippen LogP) is 18.6. The average molecular weight is 956 g/mol. The second-order valence-electron chi connectivity index (χ2n) is 22.8. The summed E-state index contributed by atoms with van der Waals surface area (Å²) < 4.78 is 20.8. The first-order valence-electron chi connectivity index (χ1n) is 26.0. The SMILES string of the molecule is CC(C)(C)c1ccc2c(c1)C1(c3cc(C(C)(C)C)ccc3O2)c2ccccc2-c2ccc(N(c3ccc4c(c3)C3(c5ccccc5O4)c4ccccc4-c4ccccc43)c3cccc4oc5ccccc5c34)cc21. The highest BCUT2D eigenvalue weighted by Crippen LogP contribution is 2.65. The Hall–Kier alpha value is -8.60. The second-order valence-corrected chi connectivity index (χ2v) is 22.8. The molecule has 0 fully saturated rings. The third-order valence-electron chi connectivity index (χ3n) is 16.7. The van der Waals surface area contributed by atoms with Crippen LogP contribution in [-0.4, -0.2) is 0 Å². The number of hydrogen-bond acceptors (Lipinski definition) is 4. The van der Waals surface area contributed by atoms with E-state index >= 15 is 0 Å². The van der Waals surface area contributed by atoms with Crippen molar-refractivity contribution >= 4 is 39.0 Å². The molecule has 4 heteroatoms. The number of benzene rings is 10. The van der Waals surface area contributed by atoms with Crippen molar-refractivity contribution in [3.63, 3.8) is 0 Å². The van der Waals surface area contributed by atoms with Crippen LogP contribution < -0.4 is 14.4 Å². The molecule has 0 unspecified atom stereocenters. The van der Waals surface area contributed by atoms with Crippen LogP contribution in [0.25, 0.3) is 44.2 Å². The van der Waals surface area contributed by atoms with Crippen LogP contribution in [0.5, 0.6) is 23.0 Å². The zero-order chi connectivity index (χ0) is 49.9. The minimum atomic E-state index is -0.720. The molecule has 4 aliphatic rings. The molecule has 2 spiro atoms. The average Bonchev–Trinajstić information content (AvgIpc) is 4.05. The van der Waals surface area contributed by atoms with Gasteiger partial charge in [-0.25, -0.2) is 0 Å². The van der Waals surface area contributed by atoms with Crippen LogP contribution in [-0.2, 0) is 21.7 Å². The molecule has 1 aromatic heterocycles. The summed E-state index contributed by atoms with van der Waals surface area (Å²) in [6.45, 7) is 13.8. The second kappa shape index (κ2) is 15.0. The molecular formula is C70H53NO3. The van der Waals surface area contributed by atoms with E-state index in [2.05, 4.69) is 259 Å². The van der Waals surface area contributed by atoms with E-state index in [1.165, 1.54) is 55.6 Å². The van der Waals surface area contributed by atoms with E-state index in [9.17, 15) is 0 Å². The molecule has 0 N–H and O–H groups in total. The van der Waals surface area contributed by atoms with Crippen molar-refractivity contribution in [2.24, 2.45) is 0 Å². The number of fused-ring (bicyclic) bond motifs is 21. The summed E-state index contributed by atoms with van der Waals surface area (Å²) in [4.78, 5) is 2.47. The van der Waals surface area contributed by atoms with Crippen molar-refractivity contribution in [1.29, 1.82) is 0 Å². The smallest absolute Gasteiger partial charge is 0.137 e. The van der Waals surface area contributed by atoms with Crippen molar-refractivity contribution in [2.75, 3.05) is 4.90 Å². The topological polar surface area (TPSA) is 34.8 Å². The van der Waals surface area contributed by atoms with E-state index in [0.717, 1.165) is 84.3 Å². The quantitative estimate of drug-likeness (QED) is 0.177. The number of para-hydroxylation sites is 2. The number of nitrogens with zero attached hydrogens (tertiary/aromatic N) is 1. The van der Waals surface area contributed by atoms with Gasteiger partial charge < -0.3 is 18.8 Å². The van der Waals surface area contributed by atoms with Gasteiger partial charge in [-0.2, -0.15) is 0 Å².